The molecule has 5 nitrogen and oxygen atoms in total. The number of carbonyl (C=O) groups is 1. The van der Waals surface area contributed by atoms with E-state index in [0.29, 0.717) is 12.1 Å². The van der Waals surface area contributed by atoms with Crippen LogP contribution in [-0.2, 0) is 0 Å². The zero-order chi connectivity index (χ0) is 15.5. The predicted octanol–water partition coefficient (Wildman–Crippen LogP) is 2.11. The Morgan fingerprint density at radius 1 is 1.36 bits per heavy atom. The van der Waals surface area contributed by atoms with E-state index in [1.165, 1.54) is 0 Å². The fourth-order valence-electron chi connectivity index (χ4n) is 3.04. The van der Waals surface area contributed by atoms with E-state index in [9.17, 15) is 9.90 Å². The number of nitrogens with zero attached hydrogens (tertiary/aromatic N) is 3. The molecule has 2 aromatic heterocycles. The van der Waals surface area contributed by atoms with Crippen molar-refractivity contribution in [3.05, 3.63) is 48.4 Å². The third kappa shape index (κ3) is 3.04. The predicted molar refractivity (Wildman–Crippen MR) is 83.9 cm³/mol. The second-order valence-electron chi connectivity index (χ2n) is 5.94. The summed E-state index contributed by atoms with van der Waals surface area (Å²) in [4.78, 5) is 18.5. The van der Waals surface area contributed by atoms with Crippen LogP contribution in [-0.4, -0.2) is 45.2 Å². The average Bonchev–Trinajstić information content (AvgIpc) is 3.19. The zero-order valence-electron chi connectivity index (χ0n) is 12.7. The highest BCUT2D eigenvalue weighted by Gasteiger charge is 2.27. The lowest BCUT2D eigenvalue weighted by atomic mass is 10.1. The first kappa shape index (κ1) is 14.8. The molecule has 0 spiro atoms. The molecule has 2 heterocycles. The van der Waals surface area contributed by atoms with Crippen molar-refractivity contribution < 1.29 is 9.90 Å². The smallest absolute Gasteiger partial charge is 0.255 e. The maximum absolute atomic E-state index is 12.4. The fraction of sp³-hybridized carbons (Fsp3) is 0.412. The quantitative estimate of drug-likeness (QED) is 0.940. The molecular formula is C17H21N3O2. The molecule has 22 heavy (non-hydrogen) atoms. The van der Waals surface area contributed by atoms with Crippen LogP contribution in [0.5, 0.6) is 0 Å². The second kappa shape index (κ2) is 6.32. The van der Waals surface area contributed by atoms with Crippen LogP contribution in [0.3, 0.4) is 0 Å². The molecule has 0 radical (unpaired) electrons. The molecule has 2 unspecified atom stereocenters. The van der Waals surface area contributed by atoms with Crippen LogP contribution in [0.4, 0.5) is 0 Å². The molecule has 1 N–H and O–H groups in total. The molecule has 1 aliphatic rings. The number of aromatic nitrogens is 2. The molecule has 5 heteroatoms. The van der Waals surface area contributed by atoms with Crippen LogP contribution >= 0.6 is 0 Å². The first-order chi connectivity index (χ1) is 10.6. The van der Waals surface area contributed by atoms with Crippen molar-refractivity contribution in [2.75, 3.05) is 13.6 Å². The van der Waals surface area contributed by atoms with Gasteiger partial charge < -0.3 is 14.6 Å². The Morgan fingerprint density at radius 3 is 2.73 bits per heavy atom. The molecule has 1 aliphatic carbocycles. The van der Waals surface area contributed by atoms with Gasteiger partial charge in [0.25, 0.3) is 5.91 Å². The van der Waals surface area contributed by atoms with Crippen molar-refractivity contribution >= 4 is 5.91 Å². The summed E-state index contributed by atoms with van der Waals surface area (Å²) in [6, 6.07) is 7.50. The van der Waals surface area contributed by atoms with Gasteiger partial charge in [-0.25, -0.2) is 4.98 Å². The molecule has 0 saturated heterocycles. The van der Waals surface area contributed by atoms with Crippen molar-refractivity contribution in [1.29, 1.82) is 0 Å². The molecule has 3 rings (SSSR count). The molecule has 0 bridgehead atoms. The molecular weight excluding hydrogens is 278 g/mol. The van der Waals surface area contributed by atoms with E-state index in [0.717, 1.165) is 25.1 Å². The lowest BCUT2D eigenvalue weighted by molar-refractivity contribution is 0.0693. The maximum Gasteiger partial charge on any atom is 0.255 e. The van der Waals surface area contributed by atoms with Crippen molar-refractivity contribution in [3.8, 4) is 5.82 Å². The Labute approximate surface area is 130 Å². The van der Waals surface area contributed by atoms with Gasteiger partial charge in [-0.3, -0.25) is 4.79 Å². The minimum Gasteiger partial charge on any atom is -0.393 e. The standard InChI is InChI=1S/C17H21N3O2/c1-19(12-14-5-4-6-15(14)21)17(22)13-7-8-16(18-11-13)20-9-2-3-10-20/h2-3,7-11,14-15,21H,4-6,12H2,1H3. The van der Waals surface area contributed by atoms with Crippen molar-refractivity contribution in [3.63, 3.8) is 0 Å². The van der Waals surface area contributed by atoms with E-state index in [-0.39, 0.29) is 17.9 Å². The first-order valence-electron chi connectivity index (χ1n) is 7.68. The number of carbonyl (C=O) groups excluding carboxylic acids is 1. The van der Waals surface area contributed by atoms with Gasteiger partial charge in [-0.2, -0.15) is 0 Å². The molecule has 2 aromatic rings. The molecule has 116 valence electrons. The highest BCUT2D eigenvalue weighted by Crippen LogP contribution is 2.26. The molecule has 1 amide bonds. The van der Waals surface area contributed by atoms with Crippen LogP contribution < -0.4 is 0 Å². The van der Waals surface area contributed by atoms with Crippen LogP contribution in [0.1, 0.15) is 29.6 Å². The summed E-state index contributed by atoms with van der Waals surface area (Å²) in [5, 5.41) is 9.88. The minimum absolute atomic E-state index is 0.0503. The van der Waals surface area contributed by atoms with Gasteiger partial charge in [0.2, 0.25) is 0 Å². The highest BCUT2D eigenvalue weighted by molar-refractivity contribution is 5.93. The number of amides is 1. The number of hydrogen-bond donors (Lipinski definition) is 1. The Bertz CT molecular complexity index is 622. The summed E-state index contributed by atoms with van der Waals surface area (Å²) in [6.07, 6.45) is 8.04. The molecule has 1 fully saturated rings. The van der Waals surface area contributed by atoms with Crippen LogP contribution in [0.25, 0.3) is 5.82 Å². The van der Waals surface area contributed by atoms with Crippen molar-refractivity contribution in [2.45, 2.75) is 25.4 Å². The second-order valence-corrected chi connectivity index (χ2v) is 5.94. The lowest BCUT2D eigenvalue weighted by Crippen LogP contribution is -2.34. The van der Waals surface area contributed by atoms with Gasteiger partial charge in [0.15, 0.2) is 0 Å². The Hall–Kier alpha value is -2.14. The van der Waals surface area contributed by atoms with Crippen LogP contribution in [0.2, 0.25) is 0 Å². The number of pyridine rings is 1. The summed E-state index contributed by atoms with van der Waals surface area (Å²) in [7, 11) is 1.78. The minimum atomic E-state index is -0.274. The third-order valence-electron chi connectivity index (χ3n) is 4.34. The summed E-state index contributed by atoms with van der Waals surface area (Å²) in [5.74, 6) is 0.933. The van der Waals surface area contributed by atoms with Crippen LogP contribution in [0.15, 0.2) is 42.9 Å². The lowest BCUT2D eigenvalue weighted by Gasteiger charge is -2.23. The normalized spacial score (nSPS) is 21.0. The van der Waals surface area contributed by atoms with Crippen LogP contribution in [0, 0.1) is 5.92 Å². The van der Waals surface area contributed by atoms with Gasteiger partial charge in [0, 0.05) is 38.1 Å². The number of hydrogen-bond acceptors (Lipinski definition) is 3. The topological polar surface area (TPSA) is 58.4 Å². The SMILES string of the molecule is CN(CC1CCCC1O)C(=O)c1ccc(-n2cccc2)nc1. The van der Waals surface area contributed by atoms with E-state index in [4.69, 9.17) is 0 Å². The summed E-state index contributed by atoms with van der Waals surface area (Å²) in [5.41, 5.74) is 0.575. The molecule has 0 aliphatic heterocycles. The van der Waals surface area contributed by atoms with Gasteiger partial charge >= 0.3 is 0 Å². The van der Waals surface area contributed by atoms with E-state index in [1.807, 2.05) is 35.2 Å². The maximum atomic E-state index is 12.4. The third-order valence-corrected chi connectivity index (χ3v) is 4.34. The van der Waals surface area contributed by atoms with Crippen molar-refractivity contribution in [1.82, 2.24) is 14.5 Å². The molecule has 0 aromatic carbocycles. The number of rotatable bonds is 4. The Balaban J connectivity index is 1.66. The Kier molecular flexibility index (Phi) is 4.24. The summed E-state index contributed by atoms with van der Waals surface area (Å²) in [6.45, 7) is 0.597. The van der Waals surface area contributed by atoms with E-state index in [2.05, 4.69) is 4.98 Å². The largest absolute Gasteiger partial charge is 0.393 e. The molecule has 1 saturated carbocycles. The van der Waals surface area contributed by atoms with Crippen molar-refractivity contribution in [2.24, 2.45) is 5.92 Å². The summed E-state index contributed by atoms with van der Waals surface area (Å²) < 4.78 is 1.90. The fourth-order valence-corrected chi connectivity index (χ4v) is 3.04. The average molecular weight is 299 g/mol. The van der Waals surface area contributed by atoms with Gasteiger partial charge in [-0.15, -0.1) is 0 Å². The Morgan fingerprint density at radius 2 is 2.14 bits per heavy atom. The number of aliphatic hydroxyl groups is 1. The van der Waals surface area contributed by atoms with E-state index in [1.54, 1.807) is 24.2 Å². The monoisotopic (exact) mass is 299 g/mol. The zero-order valence-corrected chi connectivity index (χ0v) is 12.7. The highest BCUT2D eigenvalue weighted by atomic mass is 16.3. The van der Waals surface area contributed by atoms with Gasteiger partial charge in [0.05, 0.1) is 11.7 Å². The summed E-state index contributed by atoms with van der Waals surface area (Å²) >= 11 is 0. The molecule has 2 atom stereocenters. The van der Waals surface area contributed by atoms with E-state index >= 15 is 0 Å². The van der Waals surface area contributed by atoms with Gasteiger partial charge in [0.1, 0.15) is 5.82 Å². The number of aliphatic hydroxyl groups excluding tert-OH is 1. The van der Waals surface area contributed by atoms with Gasteiger partial charge in [-0.05, 0) is 37.1 Å². The first-order valence-corrected chi connectivity index (χ1v) is 7.68. The van der Waals surface area contributed by atoms with E-state index < -0.39 is 0 Å². The van der Waals surface area contributed by atoms with Gasteiger partial charge in [-0.1, -0.05) is 6.42 Å².